The average Bonchev–Trinajstić information content (AvgIpc) is 2.54. The highest BCUT2D eigenvalue weighted by atomic mass is 16.6. The van der Waals surface area contributed by atoms with Crippen molar-refractivity contribution in [3.8, 4) is 0 Å². The molecule has 3 heteroatoms. The van der Waals surface area contributed by atoms with Gasteiger partial charge in [0.15, 0.2) is 0 Å². The first-order chi connectivity index (χ1) is 11.1. The number of rotatable bonds is 12. The predicted octanol–water partition coefficient (Wildman–Crippen LogP) is 5.57. The Balaban J connectivity index is 2.11. The number of carbonyl (C=O) groups is 1. The summed E-state index contributed by atoms with van der Waals surface area (Å²) in [4.78, 5) is 11.7. The lowest BCUT2D eigenvalue weighted by atomic mass is 9.94. The minimum absolute atomic E-state index is 0.0802. The predicted molar refractivity (Wildman–Crippen MR) is 95.5 cm³/mol. The number of hydrogen-bond acceptors (Lipinski definition) is 3. The topological polar surface area (TPSA) is 35.5 Å². The van der Waals surface area contributed by atoms with Gasteiger partial charge in [-0.1, -0.05) is 64.9 Å². The van der Waals surface area contributed by atoms with Gasteiger partial charge in [-0.15, -0.1) is 0 Å². The van der Waals surface area contributed by atoms with Crippen LogP contribution in [-0.2, 0) is 14.3 Å². The molecule has 0 aliphatic heterocycles. The highest BCUT2D eigenvalue weighted by Gasteiger charge is 2.29. The zero-order valence-corrected chi connectivity index (χ0v) is 15.3. The summed E-state index contributed by atoms with van der Waals surface area (Å²) in [5.74, 6) is -0.280. The fraction of sp³-hybridized carbons (Fsp3) is 0.850. The first-order valence-electron chi connectivity index (χ1n) is 9.63. The van der Waals surface area contributed by atoms with E-state index in [0.29, 0.717) is 5.57 Å². The van der Waals surface area contributed by atoms with Crippen LogP contribution >= 0.6 is 0 Å². The Bertz CT molecular complexity index is 338. The molecule has 1 fully saturated rings. The number of ether oxygens (including phenoxy) is 2. The number of carbonyl (C=O) groups excluding carboxylic acids is 1. The molecule has 3 nitrogen and oxygen atoms in total. The summed E-state index contributed by atoms with van der Waals surface area (Å²) in [6, 6.07) is 0. The van der Waals surface area contributed by atoms with Gasteiger partial charge in [0.05, 0.1) is 6.10 Å². The first kappa shape index (κ1) is 20.2. The van der Waals surface area contributed by atoms with Gasteiger partial charge in [0.2, 0.25) is 0 Å². The zero-order valence-electron chi connectivity index (χ0n) is 15.3. The third-order valence-electron chi connectivity index (χ3n) is 4.58. The molecule has 0 saturated heterocycles. The van der Waals surface area contributed by atoms with Crippen molar-refractivity contribution in [1.29, 1.82) is 0 Å². The molecule has 1 saturated carbocycles. The van der Waals surface area contributed by atoms with E-state index >= 15 is 0 Å². The molecule has 0 spiro atoms. The third-order valence-corrected chi connectivity index (χ3v) is 4.58. The Kier molecular flexibility index (Phi) is 11.1. The SMILES string of the molecule is C=C(C)C(=O)OC1CCCCC1OCCCCCCCCCC. The highest BCUT2D eigenvalue weighted by molar-refractivity contribution is 5.87. The van der Waals surface area contributed by atoms with Crippen molar-refractivity contribution >= 4 is 5.97 Å². The first-order valence-corrected chi connectivity index (χ1v) is 9.63. The molecule has 23 heavy (non-hydrogen) atoms. The minimum Gasteiger partial charge on any atom is -0.456 e. The normalized spacial score (nSPS) is 21.1. The molecule has 1 aliphatic carbocycles. The molecule has 0 radical (unpaired) electrons. The monoisotopic (exact) mass is 324 g/mol. The van der Waals surface area contributed by atoms with Gasteiger partial charge in [0.25, 0.3) is 0 Å². The van der Waals surface area contributed by atoms with Gasteiger partial charge in [-0.3, -0.25) is 0 Å². The fourth-order valence-corrected chi connectivity index (χ4v) is 3.10. The van der Waals surface area contributed by atoms with Crippen molar-refractivity contribution in [3.63, 3.8) is 0 Å². The number of unbranched alkanes of at least 4 members (excludes halogenated alkanes) is 7. The van der Waals surface area contributed by atoms with Crippen LogP contribution in [0.5, 0.6) is 0 Å². The standard InChI is InChI=1S/C20H36O3/c1-4-5-6-7-8-9-10-13-16-22-18-14-11-12-15-19(18)23-20(21)17(2)3/h18-19H,2,4-16H2,1,3H3. The van der Waals surface area contributed by atoms with Crippen LogP contribution in [0.4, 0.5) is 0 Å². The molecule has 1 aliphatic rings. The summed E-state index contributed by atoms with van der Waals surface area (Å²) in [5, 5.41) is 0. The molecule has 0 bridgehead atoms. The van der Waals surface area contributed by atoms with E-state index in [1.165, 1.54) is 51.4 Å². The largest absolute Gasteiger partial charge is 0.456 e. The van der Waals surface area contributed by atoms with E-state index in [9.17, 15) is 4.79 Å². The fourth-order valence-electron chi connectivity index (χ4n) is 3.10. The van der Waals surface area contributed by atoms with Gasteiger partial charge in [0.1, 0.15) is 6.10 Å². The van der Waals surface area contributed by atoms with Crippen LogP contribution in [-0.4, -0.2) is 24.8 Å². The molecule has 0 heterocycles. The van der Waals surface area contributed by atoms with Crippen molar-refractivity contribution in [3.05, 3.63) is 12.2 Å². The zero-order chi connectivity index (χ0) is 16.9. The van der Waals surface area contributed by atoms with Gasteiger partial charge < -0.3 is 9.47 Å². The maximum absolute atomic E-state index is 11.7. The smallest absolute Gasteiger partial charge is 0.333 e. The second-order valence-corrected chi connectivity index (χ2v) is 6.89. The average molecular weight is 325 g/mol. The van der Waals surface area contributed by atoms with Crippen LogP contribution in [0.1, 0.15) is 90.9 Å². The molecule has 0 aromatic rings. The van der Waals surface area contributed by atoms with Gasteiger partial charge in [-0.2, -0.15) is 0 Å². The Morgan fingerprint density at radius 1 is 0.957 bits per heavy atom. The summed E-state index contributed by atoms with van der Waals surface area (Å²) >= 11 is 0. The molecular formula is C20H36O3. The maximum atomic E-state index is 11.7. The van der Waals surface area contributed by atoms with Crippen LogP contribution < -0.4 is 0 Å². The summed E-state index contributed by atoms with van der Waals surface area (Å²) in [6.07, 6.45) is 14.7. The summed E-state index contributed by atoms with van der Waals surface area (Å²) in [6.45, 7) is 8.39. The Morgan fingerprint density at radius 2 is 1.52 bits per heavy atom. The molecule has 0 amide bonds. The van der Waals surface area contributed by atoms with E-state index in [1.54, 1.807) is 6.92 Å². The number of hydrogen-bond donors (Lipinski definition) is 0. The third kappa shape index (κ3) is 9.14. The Hall–Kier alpha value is -0.830. The van der Waals surface area contributed by atoms with E-state index in [1.807, 2.05) is 0 Å². The van der Waals surface area contributed by atoms with Crippen LogP contribution in [0.3, 0.4) is 0 Å². The van der Waals surface area contributed by atoms with Crippen molar-refractivity contribution in [2.24, 2.45) is 0 Å². The minimum atomic E-state index is -0.280. The molecular weight excluding hydrogens is 288 g/mol. The van der Waals surface area contributed by atoms with Crippen LogP contribution in [0.2, 0.25) is 0 Å². The molecule has 134 valence electrons. The summed E-state index contributed by atoms with van der Waals surface area (Å²) in [5.41, 5.74) is 0.470. The Labute approximate surface area is 142 Å². The van der Waals surface area contributed by atoms with Crippen molar-refractivity contribution < 1.29 is 14.3 Å². The van der Waals surface area contributed by atoms with Gasteiger partial charge in [-0.25, -0.2) is 4.79 Å². The van der Waals surface area contributed by atoms with E-state index in [-0.39, 0.29) is 18.2 Å². The van der Waals surface area contributed by atoms with E-state index in [2.05, 4.69) is 13.5 Å². The second kappa shape index (κ2) is 12.6. The summed E-state index contributed by atoms with van der Waals surface area (Å²) < 4.78 is 11.5. The van der Waals surface area contributed by atoms with E-state index in [0.717, 1.165) is 32.3 Å². The summed E-state index contributed by atoms with van der Waals surface area (Å²) in [7, 11) is 0. The van der Waals surface area contributed by atoms with Gasteiger partial charge >= 0.3 is 5.97 Å². The van der Waals surface area contributed by atoms with Crippen LogP contribution in [0, 0.1) is 0 Å². The van der Waals surface area contributed by atoms with Crippen molar-refractivity contribution in [2.45, 2.75) is 103 Å². The van der Waals surface area contributed by atoms with E-state index in [4.69, 9.17) is 9.47 Å². The van der Waals surface area contributed by atoms with Crippen molar-refractivity contribution in [1.82, 2.24) is 0 Å². The van der Waals surface area contributed by atoms with E-state index < -0.39 is 0 Å². The highest BCUT2D eigenvalue weighted by Crippen LogP contribution is 2.25. The quantitative estimate of drug-likeness (QED) is 0.267. The number of esters is 1. The van der Waals surface area contributed by atoms with Gasteiger partial charge in [0, 0.05) is 12.2 Å². The van der Waals surface area contributed by atoms with Crippen LogP contribution in [0.15, 0.2) is 12.2 Å². The molecule has 0 aromatic carbocycles. The molecule has 2 unspecified atom stereocenters. The molecule has 1 rings (SSSR count). The molecule has 0 aromatic heterocycles. The lowest BCUT2D eigenvalue weighted by molar-refractivity contribution is -0.156. The maximum Gasteiger partial charge on any atom is 0.333 e. The van der Waals surface area contributed by atoms with Crippen LogP contribution in [0.25, 0.3) is 0 Å². The molecule has 0 N–H and O–H groups in total. The Morgan fingerprint density at radius 3 is 2.13 bits per heavy atom. The lowest BCUT2D eigenvalue weighted by Gasteiger charge is -2.31. The molecule has 2 atom stereocenters. The second-order valence-electron chi connectivity index (χ2n) is 6.89. The van der Waals surface area contributed by atoms with Crippen molar-refractivity contribution in [2.75, 3.05) is 6.61 Å². The lowest BCUT2D eigenvalue weighted by Crippen LogP contribution is -2.36. The van der Waals surface area contributed by atoms with Gasteiger partial charge in [-0.05, 0) is 32.6 Å².